The standard InChI is InChI=1S/C7H10N4O2.C6H7NO.C2H6/c1-13-7(12)11-5-3-2-4(8)6(9)10-5;7-5-1-3-6(8)4-2-5;1-2/h2-3H,8H2,1H3,(H3,9,10,11,12);1-4,8H,7H2;1-2H3. The largest absolute Gasteiger partial charge is 0.508 e. The summed E-state index contributed by atoms with van der Waals surface area (Å²) in [5.41, 5.74) is 17.2. The number of phenols is 1. The maximum absolute atomic E-state index is 10.7. The molecule has 8 N–H and O–H groups in total. The Kier molecular flexibility index (Phi) is 9.10. The molecule has 1 aromatic heterocycles. The third-order valence-corrected chi connectivity index (χ3v) is 2.27. The molecule has 0 aliphatic carbocycles. The van der Waals surface area contributed by atoms with E-state index in [1.807, 2.05) is 13.8 Å². The highest BCUT2D eigenvalue weighted by molar-refractivity contribution is 5.83. The number of methoxy groups -OCH3 is 1. The zero-order valence-corrected chi connectivity index (χ0v) is 13.4. The van der Waals surface area contributed by atoms with Gasteiger partial charge in [-0.25, -0.2) is 9.78 Å². The number of phenolic OH excluding ortho intramolecular Hbond substituents is 1. The number of aromatic hydroxyl groups is 1. The van der Waals surface area contributed by atoms with Crippen molar-refractivity contribution >= 4 is 29.1 Å². The van der Waals surface area contributed by atoms with E-state index in [4.69, 9.17) is 22.3 Å². The SMILES string of the molecule is CC.COC(=O)Nc1ccc(N)c(N)n1.Nc1ccc(O)cc1. The topological polar surface area (TPSA) is 150 Å². The molecule has 2 aromatic rings. The van der Waals surface area contributed by atoms with Gasteiger partial charge < -0.3 is 27.0 Å². The minimum absolute atomic E-state index is 0.175. The number of aromatic nitrogens is 1. The highest BCUT2D eigenvalue weighted by Gasteiger charge is 2.03. The quantitative estimate of drug-likeness (QED) is 0.400. The minimum Gasteiger partial charge on any atom is -0.508 e. The molecule has 0 saturated carbocycles. The van der Waals surface area contributed by atoms with Crippen molar-refractivity contribution in [2.45, 2.75) is 13.8 Å². The number of hydrogen-bond donors (Lipinski definition) is 5. The summed E-state index contributed by atoms with van der Waals surface area (Å²) in [7, 11) is 1.26. The molecule has 126 valence electrons. The monoisotopic (exact) mass is 321 g/mol. The van der Waals surface area contributed by atoms with Crippen molar-refractivity contribution in [1.29, 1.82) is 0 Å². The lowest BCUT2D eigenvalue weighted by Crippen LogP contribution is -2.12. The second-order valence-electron chi connectivity index (χ2n) is 3.88. The van der Waals surface area contributed by atoms with E-state index in [1.165, 1.54) is 13.2 Å². The molecule has 0 aliphatic heterocycles. The predicted octanol–water partition coefficient (Wildman–Crippen LogP) is 2.42. The van der Waals surface area contributed by atoms with Crippen LogP contribution in [0.3, 0.4) is 0 Å². The van der Waals surface area contributed by atoms with Crippen LogP contribution in [0.2, 0.25) is 0 Å². The average molecular weight is 321 g/mol. The number of benzene rings is 1. The van der Waals surface area contributed by atoms with Crippen molar-refractivity contribution in [2.75, 3.05) is 29.6 Å². The van der Waals surface area contributed by atoms with Crippen LogP contribution in [0.1, 0.15) is 13.8 Å². The van der Waals surface area contributed by atoms with Gasteiger partial charge in [-0.2, -0.15) is 0 Å². The fourth-order valence-electron chi connectivity index (χ4n) is 1.19. The molecule has 0 spiro atoms. The Morgan fingerprint density at radius 2 is 1.65 bits per heavy atom. The number of nitrogens with two attached hydrogens (primary N) is 3. The van der Waals surface area contributed by atoms with Gasteiger partial charge in [0, 0.05) is 5.69 Å². The van der Waals surface area contributed by atoms with Crippen LogP contribution in [0.5, 0.6) is 5.75 Å². The number of carbonyl (C=O) groups is 1. The predicted molar refractivity (Wildman–Crippen MR) is 93.0 cm³/mol. The molecule has 1 heterocycles. The Morgan fingerprint density at radius 3 is 2.09 bits per heavy atom. The zero-order valence-electron chi connectivity index (χ0n) is 13.4. The van der Waals surface area contributed by atoms with E-state index in [0.29, 0.717) is 17.2 Å². The van der Waals surface area contributed by atoms with E-state index in [2.05, 4.69) is 15.0 Å². The van der Waals surface area contributed by atoms with Crippen molar-refractivity contribution in [3.05, 3.63) is 36.4 Å². The van der Waals surface area contributed by atoms with Gasteiger partial charge in [-0.1, -0.05) is 13.8 Å². The fraction of sp³-hybridized carbons (Fsp3) is 0.200. The summed E-state index contributed by atoms with van der Waals surface area (Å²) in [5.74, 6) is 0.728. The number of anilines is 4. The maximum Gasteiger partial charge on any atom is 0.412 e. The van der Waals surface area contributed by atoms with Gasteiger partial charge in [-0.05, 0) is 36.4 Å². The zero-order chi connectivity index (χ0) is 17.8. The first kappa shape index (κ1) is 19.8. The summed E-state index contributed by atoms with van der Waals surface area (Å²) in [4.78, 5) is 14.5. The first-order valence-electron chi connectivity index (χ1n) is 6.84. The van der Waals surface area contributed by atoms with Crippen LogP contribution in [0.25, 0.3) is 0 Å². The molecule has 1 amide bonds. The lowest BCUT2D eigenvalue weighted by Gasteiger charge is -2.04. The molecule has 23 heavy (non-hydrogen) atoms. The summed E-state index contributed by atoms with van der Waals surface area (Å²) in [6, 6.07) is 9.48. The van der Waals surface area contributed by atoms with Crippen LogP contribution in [0.4, 0.5) is 27.8 Å². The van der Waals surface area contributed by atoms with Gasteiger partial charge in [-0.15, -0.1) is 0 Å². The van der Waals surface area contributed by atoms with E-state index in [1.54, 1.807) is 30.3 Å². The van der Waals surface area contributed by atoms with E-state index in [0.717, 1.165) is 0 Å². The van der Waals surface area contributed by atoms with Gasteiger partial charge >= 0.3 is 6.09 Å². The Labute approximate surface area is 135 Å². The van der Waals surface area contributed by atoms with Gasteiger partial charge in [0.2, 0.25) is 0 Å². The van der Waals surface area contributed by atoms with Crippen molar-refractivity contribution in [3.8, 4) is 5.75 Å². The molecule has 2 rings (SSSR count). The van der Waals surface area contributed by atoms with E-state index < -0.39 is 6.09 Å². The van der Waals surface area contributed by atoms with Crippen LogP contribution in [0.15, 0.2) is 36.4 Å². The third kappa shape index (κ3) is 8.00. The molecule has 0 unspecified atom stereocenters. The number of hydrogen-bond acceptors (Lipinski definition) is 7. The smallest absolute Gasteiger partial charge is 0.412 e. The van der Waals surface area contributed by atoms with Crippen molar-refractivity contribution < 1.29 is 14.6 Å². The minimum atomic E-state index is -0.600. The van der Waals surface area contributed by atoms with E-state index >= 15 is 0 Å². The molecule has 0 saturated heterocycles. The Balaban J connectivity index is 0.000000414. The molecule has 0 aliphatic rings. The Hall–Kier alpha value is -3.16. The summed E-state index contributed by atoms with van der Waals surface area (Å²) in [5, 5.41) is 11.1. The lowest BCUT2D eigenvalue weighted by atomic mass is 10.3. The Bertz CT molecular complexity index is 582. The molecule has 0 radical (unpaired) electrons. The van der Waals surface area contributed by atoms with Crippen molar-refractivity contribution in [2.24, 2.45) is 0 Å². The summed E-state index contributed by atoms with van der Waals surface area (Å²) in [6.45, 7) is 4.00. The fourth-order valence-corrected chi connectivity index (χ4v) is 1.19. The number of pyridine rings is 1. The molecule has 0 bridgehead atoms. The van der Waals surface area contributed by atoms with Gasteiger partial charge in [0.1, 0.15) is 17.4 Å². The van der Waals surface area contributed by atoms with Crippen LogP contribution in [-0.4, -0.2) is 23.3 Å². The maximum atomic E-state index is 10.7. The molecule has 8 nitrogen and oxygen atoms in total. The van der Waals surface area contributed by atoms with Crippen molar-refractivity contribution in [3.63, 3.8) is 0 Å². The number of nitrogen functional groups attached to an aromatic ring is 3. The van der Waals surface area contributed by atoms with E-state index in [-0.39, 0.29) is 11.6 Å². The van der Waals surface area contributed by atoms with Gasteiger partial charge in [0.15, 0.2) is 0 Å². The van der Waals surface area contributed by atoms with Crippen molar-refractivity contribution in [1.82, 2.24) is 4.98 Å². The van der Waals surface area contributed by atoms with Gasteiger partial charge in [-0.3, -0.25) is 5.32 Å². The third-order valence-electron chi connectivity index (χ3n) is 2.27. The number of ether oxygens (including phenoxy) is 1. The van der Waals surface area contributed by atoms with Gasteiger partial charge in [0.05, 0.1) is 12.8 Å². The molecule has 1 aromatic carbocycles. The second-order valence-corrected chi connectivity index (χ2v) is 3.88. The number of rotatable bonds is 1. The first-order valence-corrected chi connectivity index (χ1v) is 6.84. The highest BCUT2D eigenvalue weighted by Crippen LogP contribution is 2.14. The van der Waals surface area contributed by atoms with Crippen LogP contribution >= 0.6 is 0 Å². The lowest BCUT2D eigenvalue weighted by molar-refractivity contribution is 0.187. The highest BCUT2D eigenvalue weighted by atomic mass is 16.5. The second kappa shape index (κ2) is 10.6. The summed E-state index contributed by atoms with van der Waals surface area (Å²) >= 11 is 0. The average Bonchev–Trinajstić information content (AvgIpc) is 2.56. The normalized spacial score (nSPS) is 8.65. The first-order chi connectivity index (χ1) is 10.9. The molecular formula is C15H23N5O3. The molecule has 0 atom stereocenters. The van der Waals surface area contributed by atoms with Crippen LogP contribution in [0, 0.1) is 0 Å². The molecule has 0 fully saturated rings. The Morgan fingerprint density at radius 1 is 1.09 bits per heavy atom. The number of nitrogens with one attached hydrogen (secondary N) is 1. The van der Waals surface area contributed by atoms with E-state index in [9.17, 15) is 4.79 Å². The van der Waals surface area contributed by atoms with Gasteiger partial charge in [0.25, 0.3) is 0 Å². The summed E-state index contributed by atoms with van der Waals surface area (Å²) < 4.78 is 4.36. The van der Waals surface area contributed by atoms with Crippen LogP contribution in [-0.2, 0) is 4.74 Å². The number of nitrogens with zero attached hydrogens (tertiary/aromatic N) is 1. The molecule has 8 heteroatoms. The molecular weight excluding hydrogens is 298 g/mol. The number of carbonyl (C=O) groups excluding carboxylic acids is 1. The number of amides is 1. The van der Waals surface area contributed by atoms with Crippen LogP contribution < -0.4 is 22.5 Å². The summed E-state index contributed by atoms with van der Waals surface area (Å²) in [6.07, 6.45) is -0.600.